The second-order valence-electron chi connectivity index (χ2n) is 9.81. The summed E-state index contributed by atoms with van der Waals surface area (Å²) in [5.41, 5.74) is 3.78. The minimum absolute atomic E-state index is 0.178. The van der Waals surface area contributed by atoms with Crippen molar-refractivity contribution in [1.82, 2.24) is 14.5 Å². The highest BCUT2D eigenvalue weighted by Crippen LogP contribution is 2.30. The Hall–Kier alpha value is -2.42. The van der Waals surface area contributed by atoms with Gasteiger partial charge in [0, 0.05) is 45.0 Å². The molecule has 0 radical (unpaired) electrons. The van der Waals surface area contributed by atoms with Crippen molar-refractivity contribution in [2.75, 3.05) is 50.7 Å². The Kier molecular flexibility index (Phi) is 8.14. The molecule has 2 saturated heterocycles. The van der Waals surface area contributed by atoms with Gasteiger partial charge in [0.05, 0.1) is 4.90 Å². The van der Waals surface area contributed by atoms with E-state index in [-0.39, 0.29) is 5.91 Å². The Labute approximate surface area is 210 Å². The molecule has 7 nitrogen and oxygen atoms in total. The fraction of sp³-hybridized carbons (Fsp3) is 0.519. The molecule has 2 aliphatic rings. The summed E-state index contributed by atoms with van der Waals surface area (Å²) in [6.45, 7) is 11.5. The molecular formula is C27H38N4O3S. The van der Waals surface area contributed by atoms with Crippen LogP contribution < -0.4 is 10.2 Å². The number of piperazine rings is 1. The molecule has 1 amide bonds. The predicted octanol–water partition coefficient (Wildman–Crippen LogP) is 3.09. The number of rotatable bonds is 8. The second-order valence-corrected chi connectivity index (χ2v) is 11.6. The first-order valence-corrected chi connectivity index (χ1v) is 14.1. The van der Waals surface area contributed by atoms with Crippen LogP contribution in [-0.2, 0) is 14.8 Å². The number of sulfonamides is 1. The van der Waals surface area contributed by atoms with Gasteiger partial charge in [0.1, 0.15) is 6.04 Å². The van der Waals surface area contributed by atoms with Gasteiger partial charge < -0.3 is 10.2 Å². The summed E-state index contributed by atoms with van der Waals surface area (Å²) in [4.78, 5) is 18.2. The molecule has 2 aliphatic heterocycles. The lowest BCUT2D eigenvalue weighted by atomic mass is 10.1. The maximum atomic E-state index is 13.5. The third-order valence-electron chi connectivity index (χ3n) is 7.12. The lowest BCUT2D eigenvalue weighted by Gasteiger charge is -2.36. The summed E-state index contributed by atoms with van der Waals surface area (Å²) in [5, 5.41) is 3.01. The molecule has 2 aromatic rings. The van der Waals surface area contributed by atoms with Crippen LogP contribution in [0.1, 0.15) is 36.0 Å². The van der Waals surface area contributed by atoms with E-state index < -0.39 is 16.1 Å². The van der Waals surface area contributed by atoms with Crippen molar-refractivity contribution in [3.05, 3.63) is 59.2 Å². The first-order valence-electron chi connectivity index (χ1n) is 12.7. The number of aryl methyl sites for hydroxylation is 3. The van der Waals surface area contributed by atoms with Crippen LogP contribution in [0.5, 0.6) is 0 Å². The SMILES string of the molecule is Cc1cc(C)c(S(=O)(=O)N2CCCC2C(=O)NCCCN2CCN(c3ccccc3)CC2)c(C)c1. The van der Waals surface area contributed by atoms with E-state index in [1.165, 1.54) is 9.99 Å². The Bertz CT molecular complexity index is 1110. The van der Waals surface area contributed by atoms with Crippen LogP contribution in [0.25, 0.3) is 0 Å². The van der Waals surface area contributed by atoms with Gasteiger partial charge in [0.15, 0.2) is 0 Å². The van der Waals surface area contributed by atoms with Gasteiger partial charge in [-0.1, -0.05) is 35.9 Å². The number of hydrogen-bond donors (Lipinski definition) is 1. The third kappa shape index (κ3) is 5.88. The molecule has 2 aromatic carbocycles. The van der Waals surface area contributed by atoms with Crippen molar-refractivity contribution in [3.63, 3.8) is 0 Å². The molecule has 2 fully saturated rings. The van der Waals surface area contributed by atoms with Crippen LogP contribution in [-0.4, -0.2) is 75.4 Å². The van der Waals surface area contributed by atoms with Gasteiger partial charge >= 0.3 is 0 Å². The Morgan fingerprint density at radius 3 is 2.29 bits per heavy atom. The number of nitrogens with zero attached hydrogens (tertiary/aromatic N) is 3. The average molecular weight is 499 g/mol. The topological polar surface area (TPSA) is 73.0 Å². The average Bonchev–Trinajstić information content (AvgIpc) is 3.33. The normalized spacial score (nSPS) is 19.7. The van der Waals surface area contributed by atoms with E-state index >= 15 is 0 Å². The number of carbonyl (C=O) groups excluding carboxylic acids is 1. The molecule has 0 bridgehead atoms. The van der Waals surface area contributed by atoms with E-state index in [4.69, 9.17) is 0 Å². The molecule has 0 aliphatic carbocycles. The van der Waals surface area contributed by atoms with Crippen LogP contribution >= 0.6 is 0 Å². The summed E-state index contributed by atoms with van der Waals surface area (Å²) in [7, 11) is -3.73. The fourth-order valence-electron chi connectivity index (χ4n) is 5.48. The van der Waals surface area contributed by atoms with Crippen molar-refractivity contribution in [2.24, 2.45) is 0 Å². The van der Waals surface area contributed by atoms with E-state index in [2.05, 4.69) is 39.4 Å². The number of anilines is 1. The van der Waals surface area contributed by atoms with Crippen molar-refractivity contribution >= 4 is 21.6 Å². The highest BCUT2D eigenvalue weighted by Gasteiger charge is 2.40. The second kappa shape index (κ2) is 11.1. The molecule has 1 unspecified atom stereocenters. The van der Waals surface area contributed by atoms with E-state index in [1.807, 2.05) is 39.0 Å². The number of para-hydroxylation sites is 1. The molecule has 2 heterocycles. The molecule has 0 spiro atoms. The molecule has 4 rings (SSSR count). The van der Waals surface area contributed by atoms with Gasteiger partial charge in [0.2, 0.25) is 15.9 Å². The maximum absolute atomic E-state index is 13.5. The molecule has 1 atom stereocenters. The minimum Gasteiger partial charge on any atom is -0.369 e. The molecule has 0 aromatic heterocycles. The van der Waals surface area contributed by atoms with E-state index in [9.17, 15) is 13.2 Å². The smallest absolute Gasteiger partial charge is 0.244 e. The molecule has 0 saturated carbocycles. The summed E-state index contributed by atoms with van der Waals surface area (Å²) in [6.07, 6.45) is 2.12. The summed E-state index contributed by atoms with van der Waals surface area (Å²) in [6, 6.07) is 13.6. The number of nitrogens with one attached hydrogen (secondary N) is 1. The number of hydrogen-bond acceptors (Lipinski definition) is 5. The van der Waals surface area contributed by atoms with E-state index in [0.717, 1.165) is 55.8 Å². The Balaban J connectivity index is 1.26. The van der Waals surface area contributed by atoms with Gasteiger partial charge in [0.25, 0.3) is 0 Å². The van der Waals surface area contributed by atoms with E-state index in [1.54, 1.807) is 0 Å². The van der Waals surface area contributed by atoms with Crippen molar-refractivity contribution in [3.8, 4) is 0 Å². The molecule has 190 valence electrons. The van der Waals surface area contributed by atoms with Crippen LogP contribution in [0.3, 0.4) is 0 Å². The number of amides is 1. The number of carbonyl (C=O) groups is 1. The minimum atomic E-state index is -3.73. The summed E-state index contributed by atoms with van der Waals surface area (Å²) in [5.74, 6) is -0.178. The van der Waals surface area contributed by atoms with Crippen LogP contribution in [0.4, 0.5) is 5.69 Å². The molecular weight excluding hydrogens is 460 g/mol. The van der Waals surface area contributed by atoms with Gasteiger partial charge in [-0.05, 0) is 69.8 Å². The molecule has 1 N–H and O–H groups in total. The summed E-state index contributed by atoms with van der Waals surface area (Å²) >= 11 is 0. The zero-order valence-electron chi connectivity index (χ0n) is 21.2. The van der Waals surface area contributed by atoms with Gasteiger partial charge in [-0.2, -0.15) is 4.31 Å². The molecule has 35 heavy (non-hydrogen) atoms. The number of benzene rings is 2. The Morgan fingerprint density at radius 1 is 0.971 bits per heavy atom. The summed E-state index contributed by atoms with van der Waals surface area (Å²) < 4.78 is 28.4. The van der Waals surface area contributed by atoms with Gasteiger partial charge in [-0.3, -0.25) is 9.69 Å². The molecule has 8 heteroatoms. The van der Waals surface area contributed by atoms with Gasteiger partial charge in [-0.25, -0.2) is 8.42 Å². The lowest BCUT2D eigenvalue weighted by molar-refractivity contribution is -0.124. The van der Waals surface area contributed by atoms with E-state index in [0.29, 0.717) is 30.8 Å². The van der Waals surface area contributed by atoms with Crippen LogP contribution in [0, 0.1) is 20.8 Å². The third-order valence-corrected chi connectivity index (χ3v) is 9.34. The zero-order valence-corrected chi connectivity index (χ0v) is 22.0. The standard InChI is InChI=1S/C27H38N4O3S/c1-21-19-22(2)26(23(3)20-21)35(33,34)31-14-7-11-25(31)27(32)28-12-8-13-29-15-17-30(18-16-29)24-9-5-4-6-10-24/h4-6,9-10,19-20,25H,7-8,11-18H2,1-3H3,(H,28,32). The maximum Gasteiger partial charge on any atom is 0.244 e. The predicted molar refractivity (Wildman–Crippen MR) is 140 cm³/mol. The van der Waals surface area contributed by atoms with Crippen LogP contribution in [0.15, 0.2) is 47.4 Å². The largest absolute Gasteiger partial charge is 0.369 e. The van der Waals surface area contributed by atoms with Crippen molar-refractivity contribution in [1.29, 1.82) is 0 Å². The first-order chi connectivity index (χ1) is 16.8. The highest BCUT2D eigenvalue weighted by molar-refractivity contribution is 7.89. The van der Waals surface area contributed by atoms with Crippen molar-refractivity contribution < 1.29 is 13.2 Å². The zero-order chi connectivity index (χ0) is 25.0. The highest BCUT2D eigenvalue weighted by atomic mass is 32.2. The quantitative estimate of drug-likeness (QED) is 0.567. The van der Waals surface area contributed by atoms with Crippen LogP contribution in [0.2, 0.25) is 0 Å². The monoisotopic (exact) mass is 498 g/mol. The Morgan fingerprint density at radius 2 is 1.63 bits per heavy atom. The first kappa shape index (κ1) is 25.7. The lowest BCUT2D eigenvalue weighted by Crippen LogP contribution is -2.48. The van der Waals surface area contributed by atoms with Gasteiger partial charge in [-0.15, -0.1) is 0 Å². The van der Waals surface area contributed by atoms with Crippen molar-refractivity contribution in [2.45, 2.75) is 51.0 Å². The fourth-order valence-corrected chi connectivity index (χ4v) is 7.55.